The van der Waals surface area contributed by atoms with Crippen molar-refractivity contribution >= 4 is 28.5 Å². The van der Waals surface area contributed by atoms with Crippen molar-refractivity contribution in [1.82, 2.24) is 4.98 Å². The Morgan fingerprint density at radius 1 is 1.17 bits per heavy atom. The van der Waals surface area contributed by atoms with Crippen LogP contribution in [0.3, 0.4) is 0 Å². The van der Waals surface area contributed by atoms with Crippen molar-refractivity contribution in [3.63, 3.8) is 0 Å². The Bertz CT molecular complexity index is 875. The van der Waals surface area contributed by atoms with E-state index in [0.29, 0.717) is 34.0 Å². The predicted molar refractivity (Wildman–Crippen MR) is 90.3 cm³/mol. The van der Waals surface area contributed by atoms with Gasteiger partial charge in [0.25, 0.3) is 0 Å². The van der Waals surface area contributed by atoms with Crippen molar-refractivity contribution in [2.24, 2.45) is 0 Å². The molecule has 0 saturated carbocycles. The molecule has 116 valence electrons. The van der Waals surface area contributed by atoms with Gasteiger partial charge in [-0.25, -0.2) is 9.78 Å². The maximum absolute atomic E-state index is 11.6. The van der Waals surface area contributed by atoms with Crippen LogP contribution < -0.4 is 4.74 Å². The van der Waals surface area contributed by atoms with E-state index in [-0.39, 0.29) is 5.56 Å². The summed E-state index contributed by atoms with van der Waals surface area (Å²) in [6, 6.07) is 14.0. The topological polar surface area (TPSA) is 59.4 Å². The maximum Gasteiger partial charge on any atom is 0.336 e. The predicted octanol–water partition coefficient (Wildman–Crippen LogP) is 4.65. The lowest BCUT2D eigenvalue weighted by molar-refractivity contribution is 0.0699. The smallest absolute Gasteiger partial charge is 0.336 e. The minimum atomic E-state index is -0.999. The molecule has 0 aliphatic carbocycles. The molecule has 1 heterocycles. The van der Waals surface area contributed by atoms with Crippen LogP contribution in [0.15, 0.2) is 48.5 Å². The van der Waals surface area contributed by atoms with E-state index in [1.165, 1.54) is 0 Å². The van der Waals surface area contributed by atoms with Crippen LogP contribution in [0.4, 0.5) is 0 Å². The van der Waals surface area contributed by atoms with E-state index in [1.807, 2.05) is 19.1 Å². The number of aromatic nitrogens is 1. The molecular weight excluding hydrogens is 314 g/mol. The number of halogens is 1. The molecule has 23 heavy (non-hydrogen) atoms. The fourth-order valence-electron chi connectivity index (χ4n) is 2.41. The van der Waals surface area contributed by atoms with E-state index in [9.17, 15) is 9.90 Å². The van der Waals surface area contributed by atoms with Crippen molar-refractivity contribution < 1.29 is 14.6 Å². The molecule has 0 aliphatic heterocycles. The quantitative estimate of drug-likeness (QED) is 0.757. The highest BCUT2D eigenvalue weighted by atomic mass is 35.5. The lowest BCUT2D eigenvalue weighted by atomic mass is 10.0. The van der Waals surface area contributed by atoms with Crippen molar-refractivity contribution in [2.45, 2.75) is 6.92 Å². The van der Waals surface area contributed by atoms with E-state index >= 15 is 0 Å². The Morgan fingerprint density at radius 3 is 2.57 bits per heavy atom. The summed E-state index contributed by atoms with van der Waals surface area (Å²) in [4.78, 5) is 16.2. The van der Waals surface area contributed by atoms with Gasteiger partial charge in [-0.1, -0.05) is 23.7 Å². The Hall–Kier alpha value is -2.59. The molecule has 3 rings (SSSR count). The second kappa shape index (κ2) is 6.26. The second-order valence-electron chi connectivity index (χ2n) is 4.98. The summed E-state index contributed by atoms with van der Waals surface area (Å²) in [6.07, 6.45) is 0. The molecule has 1 aromatic heterocycles. The van der Waals surface area contributed by atoms with Gasteiger partial charge in [0.1, 0.15) is 5.75 Å². The molecule has 0 atom stereocenters. The summed E-state index contributed by atoms with van der Waals surface area (Å²) in [7, 11) is 0. The van der Waals surface area contributed by atoms with E-state index < -0.39 is 5.97 Å². The SMILES string of the molecule is CCOc1ccc2nc(-c3ccc(Cl)cc3)cc(C(=O)O)c2c1. The first-order chi connectivity index (χ1) is 11.1. The van der Waals surface area contributed by atoms with Crippen LogP contribution in [-0.4, -0.2) is 22.7 Å². The summed E-state index contributed by atoms with van der Waals surface area (Å²) < 4.78 is 5.44. The van der Waals surface area contributed by atoms with Crippen molar-refractivity contribution in [3.05, 3.63) is 59.1 Å². The molecule has 3 aromatic rings. The molecule has 5 heteroatoms. The van der Waals surface area contributed by atoms with E-state index in [4.69, 9.17) is 16.3 Å². The number of hydrogen-bond donors (Lipinski definition) is 1. The molecule has 0 amide bonds. The van der Waals surface area contributed by atoms with Gasteiger partial charge in [0.05, 0.1) is 23.4 Å². The highest BCUT2D eigenvalue weighted by molar-refractivity contribution is 6.30. The fourth-order valence-corrected chi connectivity index (χ4v) is 2.53. The third-order valence-electron chi connectivity index (χ3n) is 3.46. The molecular formula is C18H14ClNO3. The summed E-state index contributed by atoms with van der Waals surface area (Å²) >= 11 is 5.89. The number of pyridine rings is 1. The number of rotatable bonds is 4. The van der Waals surface area contributed by atoms with Gasteiger partial charge in [-0.15, -0.1) is 0 Å². The molecule has 0 spiro atoms. The average molecular weight is 328 g/mol. The van der Waals surface area contributed by atoms with Gasteiger partial charge in [-0.05, 0) is 43.3 Å². The van der Waals surface area contributed by atoms with Crippen LogP contribution >= 0.6 is 11.6 Å². The molecule has 0 bridgehead atoms. The zero-order chi connectivity index (χ0) is 16.4. The molecule has 0 aliphatic rings. The monoisotopic (exact) mass is 327 g/mol. The minimum absolute atomic E-state index is 0.196. The van der Waals surface area contributed by atoms with Crippen molar-refractivity contribution in [1.29, 1.82) is 0 Å². The first-order valence-corrected chi connectivity index (χ1v) is 7.53. The molecule has 4 nitrogen and oxygen atoms in total. The Labute approximate surface area is 138 Å². The zero-order valence-corrected chi connectivity index (χ0v) is 13.2. The zero-order valence-electron chi connectivity index (χ0n) is 12.4. The van der Waals surface area contributed by atoms with Gasteiger partial charge in [0.2, 0.25) is 0 Å². The Kier molecular flexibility index (Phi) is 4.17. The molecule has 0 radical (unpaired) electrons. The summed E-state index contributed by atoms with van der Waals surface area (Å²) in [5.74, 6) is -0.371. The lowest BCUT2D eigenvalue weighted by Gasteiger charge is -2.09. The highest BCUT2D eigenvalue weighted by Crippen LogP contribution is 2.28. The van der Waals surface area contributed by atoms with Crippen molar-refractivity contribution in [3.8, 4) is 17.0 Å². The van der Waals surface area contributed by atoms with Gasteiger partial charge < -0.3 is 9.84 Å². The molecule has 0 unspecified atom stereocenters. The fraction of sp³-hybridized carbons (Fsp3) is 0.111. The molecule has 0 fully saturated rings. The number of ether oxygens (including phenoxy) is 1. The van der Waals surface area contributed by atoms with Gasteiger partial charge in [-0.3, -0.25) is 0 Å². The van der Waals surface area contributed by atoms with Crippen LogP contribution in [0.2, 0.25) is 5.02 Å². The van der Waals surface area contributed by atoms with Gasteiger partial charge >= 0.3 is 5.97 Å². The minimum Gasteiger partial charge on any atom is -0.494 e. The number of nitrogens with zero attached hydrogens (tertiary/aromatic N) is 1. The van der Waals surface area contributed by atoms with Gasteiger partial charge in [0, 0.05) is 16.0 Å². The van der Waals surface area contributed by atoms with E-state index in [0.717, 1.165) is 5.56 Å². The standard InChI is InChI=1S/C18H14ClNO3/c1-2-23-13-7-8-16-14(9-13)15(18(21)22)10-17(20-16)11-3-5-12(19)6-4-11/h3-10H,2H2,1H3,(H,21,22). The third kappa shape index (κ3) is 3.12. The van der Waals surface area contributed by atoms with Crippen molar-refractivity contribution in [2.75, 3.05) is 6.61 Å². The lowest BCUT2D eigenvalue weighted by Crippen LogP contribution is -2.01. The van der Waals surface area contributed by atoms with Crippen LogP contribution in [0.5, 0.6) is 5.75 Å². The third-order valence-corrected chi connectivity index (χ3v) is 3.71. The van der Waals surface area contributed by atoms with Crippen LogP contribution in [0.1, 0.15) is 17.3 Å². The number of carbonyl (C=O) groups is 1. The van der Waals surface area contributed by atoms with Gasteiger partial charge in [-0.2, -0.15) is 0 Å². The van der Waals surface area contributed by atoms with Gasteiger partial charge in [0.15, 0.2) is 0 Å². The number of carboxylic acid groups (broad SMARTS) is 1. The summed E-state index contributed by atoms with van der Waals surface area (Å²) in [5.41, 5.74) is 2.21. The average Bonchev–Trinajstić information content (AvgIpc) is 2.54. The maximum atomic E-state index is 11.6. The van der Waals surface area contributed by atoms with E-state index in [1.54, 1.807) is 36.4 Å². The number of benzene rings is 2. The first kappa shape index (κ1) is 15.3. The molecule has 2 aromatic carbocycles. The highest BCUT2D eigenvalue weighted by Gasteiger charge is 2.14. The Morgan fingerprint density at radius 2 is 1.91 bits per heavy atom. The number of fused-ring (bicyclic) bond motifs is 1. The number of carboxylic acids is 1. The normalized spacial score (nSPS) is 10.7. The summed E-state index contributed by atoms with van der Waals surface area (Å²) in [6.45, 7) is 2.40. The number of aromatic carboxylic acids is 1. The Balaban J connectivity index is 2.20. The summed E-state index contributed by atoms with van der Waals surface area (Å²) in [5, 5.41) is 10.7. The molecule has 1 N–H and O–H groups in total. The largest absolute Gasteiger partial charge is 0.494 e. The first-order valence-electron chi connectivity index (χ1n) is 7.15. The number of hydrogen-bond acceptors (Lipinski definition) is 3. The second-order valence-corrected chi connectivity index (χ2v) is 5.42. The molecule has 0 saturated heterocycles. The van der Waals surface area contributed by atoms with Crippen LogP contribution in [0.25, 0.3) is 22.2 Å². The van der Waals surface area contributed by atoms with Crippen LogP contribution in [0, 0.1) is 0 Å². The van der Waals surface area contributed by atoms with E-state index in [2.05, 4.69) is 4.98 Å². The van der Waals surface area contributed by atoms with Crippen LogP contribution in [-0.2, 0) is 0 Å².